The molecule has 1 aromatic heterocycles. The Bertz CT molecular complexity index is 912. The summed E-state index contributed by atoms with van der Waals surface area (Å²) in [5.74, 6) is 2.32. The molecule has 2 aromatic carbocycles. The van der Waals surface area contributed by atoms with Crippen LogP contribution in [0.4, 0.5) is 17.5 Å². The second kappa shape index (κ2) is 9.23. The molecule has 0 saturated carbocycles. The summed E-state index contributed by atoms with van der Waals surface area (Å²) in [4.78, 5) is 9.24. The Morgan fingerprint density at radius 3 is 2.55 bits per heavy atom. The van der Waals surface area contributed by atoms with E-state index in [-0.39, 0.29) is 0 Å². The van der Waals surface area contributed by atoms with Gasteiger partial charge in [0.05, 0.1) is 13.3 Å². The van der Waals surface area contributed by atoms with E-state index in [9.17, 15) is 0 Å². The van der Waals surface area contributed by atoms with Crippen LogP contribution in [0.2, 0.25) is 0 Å². The van der Waals surface area contributed by atoms with Crippen molar-refractivity contribution in [3.8, 4) is 5.75 Å². The second-order valence-corrected chi connectivity index (χ2v) is 6.98. The minimum atomic E-state index is 0.684. The number of rotatable bonds is 7. The van der Waals surface area contributed by atoms with Crippen molar-refractivity contribution in [1.82, 2.24) is 15.2 Å². The van der Waals surface area contributed by atoms with Gasteiger partial charge in [0.25, 0.3) is 0 Å². The van der Waals surface area contributed by atoms with Crippen molar-refractivity contribution < 1.29 is 4.74 Å². The van der Waals surface area contributed by atoms with Crippen LogP contribution in [0.25, 0.3) is 0 Å². The first-order valence-corrected chi connectivity index (χ1v) is 9.93. The Balaban J connectivity index is 1.31. The van der Waals surface area contributed by atoms with Gasteiger partial charge in [0.1, 0.15) is 5.75 Å². The molecule has 1 aliphatic rings. The molecule has 7 nitrogen and oxygen atoms in total. The number of methoxy groups -OCH3 is 1. The van der Waals surface area contributed by atoms with E-state index in [2.05, 4.69) is 66.7 Å². The molecule has 1 aliphatic heterocycles. The first-order chi connectivity index (χ1) is 14.3. The largest absolute Gasteiger partial charge is 0.497 e. The van der Waals surface area contributed by atoms with E-state index < -0.39 is 0 Å². The molecule has 1 fully saturated rings. The fraction of sp³-hybridized carbons (Fsp3) is 0.318. The zero-order valence-electron chi connectivity index (χ0n) is 16.7. The molecule has 1 saturated heterocycles. The monoisotopic (exact) mass is 390 g/mol. The van der Waals surface area contributed by atoms with Crippen molar-refractivity contribution in [2.75, 3.05) is 55.0 Å². The van der Waals surface area contributed by atoms with Crippen LogP contribution in [0, 0.1) is 0 Å². The predicted molar refractivity (Wildman–Crippen MR) is 116 cm³/mol. The molecule has 0 aliphatic carbocycles. The number of para-hydroxylation sites is 1. The van der Waals surface area contributed by atoms with E-state index in [1.165, 1.54) is 11.3 Å². The lowest BCUT2D eigenvalue weighted by atomic mass is 10.1. The zero-order chi connectivity index (χ0) is 19.9. The fourth-order valence-corrected chi connectivity index (χ4v) is 3.48. The maximum atomic E-state index is 5.28. The number of hydrogen-bond donors (Lipinski definition) is 1. The Morgan fingerprint density at radius 1 is 0.966 bits per heavy atom. The van der Waals surface area contributed by atoms with E-state index in [1.807, 2.05) is 18.2 Å². The van der Waals surface area contributed by atoms with Crippen LogP contribution in [-0.4, -0.2) is 55.0 Å². The summed E-state index contributed by atoms with van der Waals surface area (Å²) in [7, 11) is 1.69. The molecule has 150 valence electrons. The second-order valence-electron chi connectivity index (χ2n) is 6.98. The molecule has 7 heteroatoms. The van der Waals surface area contributed by atoms with E-state index >= 15 is 0 Å². The van der Waals surface area contributed by atoms with Crippen LogP contribution >= 0.6 is 0 Å². The Morgan fingerprint density at radius 2 is 1.76 bits per heavy atom. The lowest BCUT2D eigenvalue weighted by Crippen LogP contribution is -2.47. The quantitative estimate of drug-likeness (QED) is 0.665. The highest BCUT2D eigenvalue weighted by Gasteiger charge is 2.19. The molecule has 4 rings (SSSR count). The number of nitrogens with zero attached hydrogens (tertiary/aromatic N) is 5. The van der Waals surface area contributed by atoms with E-state index in [0.717, 1.165) is 50.7 Å². The number of ether oxygens (including phenoxy) is 1. The van der Waals surface area contributed by atoms with Crippen LogP contribution in [-0.2, 0) is 6.42 Å². The summed E-state index contributed by atoms with van der Waals surface area (Å²) in [6.07, 6.45) is 2.56. The molecular weight excluding hydrogens is 364 g/mol. The molecule has 1 N–H and O–H groups in total. The number of anilines is 3. The summed E-state index contributed by atoms with van der Waals surface area (Å²) in [5, 5.41) is 11.7. The average molecular weight is 390 g/mol. The van der Waals surface area contributed by atoms with Gasteiger partial charge in [-0.2, -0.15) is 10.1 Å². The summed E-state index contributed by atoms with van der Waals surface area (Å²) in [6.45, 7) is 4.42. The number of aromatic nitrogens is 3. The van der Waals surface area contributed by atoms with Crippen molar-refractivity contribution in [2.45, 2.75) is 6.42 Å². The van der Waals surface area contributed by atoms with Gasteiger partial charge in [-0.05, 0) is 36.2 Å². The maximum Gasteiger partial charge on any atom is 0.247 e. The summed E-state index contributed by atoms with van der Waals surface area (Å²) < 4.78 is 5.28. The SMILES string of the molecule is COc1cccc(CCNc2cnnc(N3CCN(c4ccccc4)CC3)n2)c1. The third-order valence-electron chi connectivity index (χ3n) is 5.09. The molecule has 3 aromatic rings. The fourth-order valence-electron chi connectivity index (χ4n) is 3.48. The third-order valence-corrected chi connectivity index (χ3v) is 5.09. The first-order valence-electron chi connectivity index (χ1n) is 9.93. The van der Waals surface area contributed by atoms with Crippen LogP contribution in [0.15, 0.2) is 60.8 Å². The number of nitrogens with one attached hydrogen (secondary N) is 1. The van der Waals surface area contributed by atoms with Crippen molar-refractivity contribution in [2.24, 2.45) is 0 Å². The topological polar surface area (TPSA) is 66.4 Å². The molecule has 2 heterocycles. The predicted octanol–water partition coefficient (Wildman–Crippen LogP) is 2.86. The molecular formula is C22H26N6O. The Kier molecular flexibility index (Phi) is 6.04. The van der Waals surface area contributed by atoms with E-state index in [1.54, 1.807) is 13.3 Å². The van der Waals surface area contributed by atoms with Gasteiger partial charge in [0, 0.05) is 38.4 Å². The first kappa shape index (κ1) is 19.0. The van der Waals surface area contributed by atoms with E-state index in [0.29, 0.717) is 5.95 Å². The summed E-state index contributed by atoms with van der Waals surface area (Å²) >= 11 is 0. The molecule has 0 radical (unpaired) electrons. The van der Waals surface area contributed by atoms with Gasteiger partial charge >= 0.3 is 0 Å². The highest BCUT2D eigenvalue weighted by atomic mass is 16.5. The standard InChI is InChI=1S/C22H26N6O/c1-29-20-9-5-6-18(16-20)10-11-23-21-17-24-26-22(25-21)28-14-12-27(13-15-28)19-7-3-2-4-8-19/h2-9,16-17H,10-15H2,1H3,(H,23,25,26). The Labute approximate surface area is 171 Å². The molecule has 29 heavy (non-hydrogen) atoms. The molecule has 0 atom stereocenters. The van der Waals surface area contributed by atoms with Gasteiger partial charge in [-0.25, -0.2) is 0 Å². The zero-order valence-corrected chi connectivity index (χ0v) is 16.7. The Hall–Kier alpha value is -3.35. The number of hydrogen-bond acceptors (Lipinski definition) is 7. The van der Waals surface area contributed by atoms with Gasteiger partial charge in [-0.3, -0.25) is 0 Å². The minimum absolute atomic E-state index is 0.684. The molecule has 0 unspecified atom stereocenters. The number of benzene rings is 2. The van der Waals surface area contributed by atoms with Crippen LogP contribution < -0.4 is 19.9 Å². The van der Waals surface area contributed by atoms with Gasteiger partial charge < -0.3 is 19.9 Å². The van der Waals surface area contributed by atoms with Crippen LogP contribution in [0.1, 0.15) is 5.56 Å². The lowest BCUT2D eigenvalue weighted by molar-refractivity contribution is 0.414. The lowest BCUT2D eigenvalue weighted by Gasteiger charge is -2.35. The van der Waals surface area contributed by atoms with Crippen LogP contribution in [0.5, 0.6) is 5.75 Å². The highest BCUT2D eigenvalue weighted by Crippen LogP contribution is 2.18. The third kappa shape index (κ3) is 4.93. The van der Waals surface area contributed by atoms with Gasteiger partial charge in [-0.1, -0.05) is 30.3 Å². The van der Waals surface area contributed by atoms with Gasteiger partial charge in [0.2, 0.25) is 5.95 Å². The summed E-state index contributed by atoms with van der Waals surface area (Å²) in [6, 6.07) is 18.6. The van der Waals surface area contributed by atoms with Crippen molar-refractivity contribution in [3.63, 3.8) is 0 Å². The normalized spacial score (nSPS) is 14.0. The maximum absolute atomic E-state index is 5.28. The van der Waals surface area contributed by atoms with Crippen molar-refractivity contribution in [3.05, 3.63) is 66.4 Å². The van der Waals surface area contributed by atoms with Crippen molar-refractivity contribution in [1.29, 1.82) is 0 Å². The van der Waals surface area contributed by atoms with Gasteiger partial charge in [0.15, 0.2) is 5.82 Å². The number of piperazine rings is 1. The summed E-state index contributed by atoms with van der Waals surface area (Å²) in [5.41, 5.74) is 2.48. The molecule has 0 spiro atoms. The smallest absolute Gasteiger partial charge is 0.247 e. The molecule has 0 amide bonds. The highest BCUT2D eigenvalue weighted by molar-refractivity contribution is 5.48. The van der Waals surface area contributed by atoms with E-state index in [4.69, 9.17) is 4.74 Å². The van der Waals surface area contributed by atoms with Crippen LogP contribution in [0.3, 0.4) is 0 Å². The van der Waals surface area contributed by atoms with Gasteiger partial charge in [-0.15, -0.1) is 5.10 Å². The minimum Gasteiger partial charge on any atom is -0.497 e. The van der Waals surface area contributed by atoms with Crippen molar-refractivity contribution >= 4 is 17.5 Å². The molecule has 0 bridgehead atoms. The average Bonchev–Trinajstić information content (AvgIpc) is 2.80.